The Bertz CT molecular complexity index is 710. The van der Waals surface area contributed by atoms with Crippen molar-refractivity contribution in [2.45, 2.75) is 24.4 Å². The maximum atomic E-state index is 12.3. The molecule has 1 saturated heterocycles. The van der Waals surface area contributed by atoms with Gasteiger partial charge in [-0.2, -0.15) is 0 Å². The Morgan fingerprint density at radius 3 is 2.42 bits per heavy atom. The lowest BCUT2D eigenvalue weighted by atomic mass is 9.99. The van der Waals surface area contributed by atoms with Gasteiger partial charge in [0.15, 0.2) is 11.4 Å². The van der Waals surface area contributed by atoms with E-state index in [1.165, 1.54) is 6.92 Å². The lowest BCUT2D eigenvalue weighted by Crippen LogP contribution is -2.74. The number of carboxylic acid groups (broad SMARTS) is 1. The largest absolute Gasteiger partial charge is 0.479 e. The zero-order valence-electron chi connectivity index (χ0n) is 12.6. The molecule has 7 nitrogen and oxygen atoms in total. The molecule has 1 heterocycles. The van der Waals surface area contributed by atoms with Crippen LogP contribution < -0.4 is 5.32 Å². The molecule has 2 rings (SSSR count). The van der Waals surface area contributed by atoms with Gasteiger partial charge >= 0.3 is 5.97 Å². The highest BCUT2D eigenvalue weighted by Gasteiger charge is 2.56. The van der Waals surface area contributed by atoms with Crippen LogP contribution in [0.2, 0.25) is 0 Å². The van der Waals surface area contributed by atoms with Gasteiger partial charge in [-0.25, -0.2) is 9.00 Å². The minimum Gasteiger partial charge on any atom is -0.479 e. The number of halogens is 1. The SMILES string of the molecule is C=C(C)C(C(=O)O)N1C(=O)C(NC(=O)c2ccccc2)C1S(=O)Cl. The summed E-state index contributed by atoms with van der Waals surface area (Å²) < 4.78 is 11.8. The van der Waals surface area contributed by atoms with Crippen molar-refractivity contribution < 1.29 is 23.7 Å². The predicted molar refractivity (Wildman–Crippen MR) is 88.6 cm³/mol. The first-order chi connectivity index (χ1) is 11.3. The highest BCUT2D eigenvalue weighted by Crippen LogP contribution is 2.30. The number of carboxylic acids is 1. The number of carbonyl (C=O) groups is 3. The third-order valence-corrected chi connectivity index (χ3v) is 5.00. The van der Waals surface area contributed by atoms with Crippen LogP contribution >= 0.6 is 10.7 Å². The summed E-state index contributed by atoms with van der Waals surface area (Å²) in [5.41, 5.74) is 0.508. The van der Waals surface area contributed by atoms with Crippen molar-refractivity contribution in [1.29, 1.82) is 0 Å². The van der Waals surface area contributed by atoms with Crippen LogP contribution in [-0.4, -0.2) is 49.5 Å². The molecule has 0 aromatic heterocycles. The van der Waals surface area contributed by atoms with Gasteiger partial charge in [-0.15, -0.1) is 0 Å². The average molecular weight is 371 g/mol. The Kier molecular flexibility index (Phi) is 5.40. The number of likely N-dealkylation sites (tertiary alicyclic amines) is 1. The van der Waals surface area contributed by atoms with E-state index < -0.39 is 45.3 Å². The van der Waals surface area contributed by atoms with Gasteiger partial charge in [0, 0.05) is 5.56 Å². The summed E-state index contributed by atoms with van der Waals surface area (Å²) in [4.78, 5) is 36.7. The Hall–Kier alpha value is -2.19. The molecule has 0 bridgehead atoms. The van der Waals surface area contributed by atoms with E-state index in [0.29, 0.717) is 5.56 Å². The molecule has 0 saturated carbocycles. The van der Waals surface area contributed by atoms with Crippen molar-refractivity contribution in [3.05, 3.63) is 48.0 Å². The summed E-state index contributed by atoms with van der Waals surface area (Å²) >= 11 is 0. The van der Waals surface area contributed by atoms with Crippen LogP contribution in [0.3, 0.4) is 0 Å². The Labute approximate surface area is 145 Å². The standard InChI is InChI=1S/C15H15ClN2O5S/c1-8(2)11(15(21)22)18-13(20)10(14(18)24(16)23)17-12(19)9-6-4-3-5-7-9/h3-7,10-11,14H,1H2,2H3,(H,17,19)(H,21,22). The molecule has 4 unspecified atom stereocenters. The normalized spacial score (nSPS) is 22.2. The van der Waals surface area contributed by atoms with E-state index in [4.69, 9.17) is 10.7 Å². The molecular weight excluding hydrogens is 356 g/mol. The van der Waals surface area contributed by atoms with Crippen LogP contribution in [0.25, 0.3) is 0 Å². The molecular formula is C15H15ClN2O5S. The van der Waals surface area contributed by atoms with Gasteiger partial charge in [-0.1, -0.05) is 24.8 Å². The summed E-state index contributed by atoms with van der Waals surface area (Å²) in [7, 11) is 3.55. The van der Waals surface area contributed by atoms with E-state index >= 15 is 0 Å². The summed E-state index contributed by atoms with van der Waals surface area (Å²) in [5.74, 6) is -2.52. The lowest BCUT2D eigenvalue weighted by Gasteiger charge is -2.47. The zero-order chi connectivity index (χ0) is 18.0. The first kappa shape index (κ1) is 18.2. The van der Waals surface area contributed by atoms with Crippen molar-refractivity contribution in [2.24, 2.45) is 0 Å². The van der Waals surface area contributed by atoms with Crippen LogP contribution in [0.4, 0.5) is 0 Å². The Balaban J connectivity index is 2.22. The first-order valence-corrected chi connectivity index (χ1v) is 8.92. The highest BCUT2D eigenvalue weighted by molar-refractivity contribution is 8.08. The molecule has 9 heteroatoms. The monoisotopic (exact) mass is 370 g/mol. The van der Waals surface area contributed by atoms with Crippen LogP contribution in [0.15, 0.2) is 42.5 Å². The molecule has 1 aromatic carbocycles. The Morgan fingerprint density at radius 1 is 1.38 bits per heavy atom. The van der Waals surface area contributed by atoms with Crippen molar-refractivity contribution in [1.82, 2.24) is 10.2 Å². The fraction of sp³-hybridized carbons (Fsp3) is 0.267. The highest BCUT2D eigenvalue weighted by atomic mass is 35.7. The van der Waals surface area contributed by atoms with Crippen LogP contribution in [0.5, 0.6) is 0 Å². The minimum atomic E-state index is -2.07. The van der Waals surface area contributed by atoms with E-state index in [0.717, 1.165) is 4.90 Å². The molecule has 128 valence electrons. The van der Waals surface area contributed by atoms with Crippen molar-refractivity contribution >= 4 is 38.5 Å². The smallest absolute Gasteiger partial charge is 0.330 e. The van der Waals surface area contributed by atoms with Gasteiger partial charge in [-0.05, 0) is 35.3 Å². The van der Waals surface area contributed by atoms with Gasteiger partial charge in [0.25, 0.3) is 5.91 Å². The van der Waals surface area contributed by atoms with Gasteiger partial charge in [0.05, 0.1) is 0 Å². The molecule has 1 aliphatic heterocycles. The van der Waals surface area contributed by atoms with E-state index in [9.17, 15) is 23.7 Å². The quantitative estimate of drug-likeness (QED) is 0.439. The maximum Gasteiger partial charge on any atom is 0.330 e. The number of carbonyl (C=O) groups excluding carboxylic acids is 2. The third kappa shape index (κ3) is 3.34. The van der Waals surface area contributed by atoms with Gasteiger partial charge in [-0.3, -0.25) is 9.59 Å². The Morgan fingerprint density at radius 2 is 1.96 bits per heavy atom. The van der Waals surface area contributed by atoms with Gasteiger partial charge in [0.1, 0.15) is 16.1 Å². The van der Waals surface area contributed by atoms with Crippen molar-refractivity contribution in [2.75, 3.05) is 0 Å². The number of hydrogen-bond acceptors (Lipinski definition) is 4. The number of β-lactam (4-membered cyclic amide) rings is 1. The molecule has 0 aliphatic carbocycles. The predicted octanol–water partition coefficient (Wildman–Crippen LogP) is 0.885. The summed E-state index contributed by atoms with van der Waals surface area (Å²) in [5, 5.41) is 10.6. The first-order valence-electron chi connectivity index (χ1n) is 6.88. The molecule has 1 aromatic rings. The van der Waals surface area contributed by atoms with Crippen LogP contribution in [0, 0.1) is 0 Å². The summed E-state index contributed by atoms with van der Waals surface area (Å²) in [6, 6.07) is 5.64. The molecule has 2 amide bonds. The van der Waals surface area contributed by atoms with Crippen molar-refractivity contribution in [3.63, 3.8) is 0 Å². The number of aliphatic carboxylic acids is 1. The number of rotatable bonds is 6. The van der Waals surface area contributed by atoms with Crippen LogP contribution in [-0.2, 0) is 19.6 Å². The van der Waals surface area contributed by atoms with E-state index in [2.05, 4.69) is 11.9 Å². The molecule has 0 radical (unpaired) electrons. The molecule has 1 aliphatic rings. The molecule has 0 spiro atoms. The summed E-state index contributed by atoms with van der Waals surface area (Å²) in [6.07, 6.45) is 0. The molecule has 1 fully saturated rings. The molecule has 24 heavy (non-hydrogen) atoms. The van der Waals surface area contributed by atoms with E-state index in [1.54, 1.807) is 30.3 Å². The van der Waals surface area contributed by atoms with Gasteiger partial charge in [0.2, 0.25) is 5.91 Å². The number of hydrogen-bond donors (Lipinski definition) is 2. The second kappa shape index (κ2) is 7.14. The van der Waals surface area contributed by atoms with Crippen molar-refractivity contribution in [3.8, 4) is 0 Å². The number of benzene rings is 1. The summed E-state index contributed by atoms with van der Waals surface area (Å²) in [6.45, 7) is 4.98. The zero-order valence-corrected chi connectivity index (χ0v) is 14.2. The molecule has 4 atom stereocenters. The lowest BCUT2D eigenvalue weighted by molar-refractivity contribution is -0.158. The van der Waals surface area contributed by atoms with Crippen LogP contribution in [0.1, 0.15) is 17.3 Å². The third-order valence-electron chi connectivity index (χ3n) is 3.57. The van der Waals surface area contributed by atoms with E-state index in [1.807, 2.05) is 0 Å². The van der Waals surface area contributed by atoms with Gasteiger partial charge < -0.3 is 15.3 Å². The fourth-order valence-electron chi connectivity index (χ4n) is 2.47. The molecule has 2 N–H and O–H groups in total. The second-order valence-electron chi connectivity index (χ2n) is 5.29. The number of nitrogens with zero attached hydrogens (tertiary/aromatic N) is 1. The maximum absolute atomic E-state index is 12.3. The number of nitrogens with one attached hydrogen (secondary N) is 1. The average Bonchev–Trinajstić information content (AvgIpc) is 2.52. The fourth-order valence-corrected chi connectivity index (χ4v) is 3.84. The number of amides is 2. The topological polar surface area (TPSA) is 104 Å². The minimum absolute atomic E-state index is 0.191. The van der Waals surface area contributed by atoms with E-state index in [-0.39, 0.29) is 5.57 Å². The second-order valence-corrected chi connectivity index (χ2v) is 7.18.